The molecule has 0 aliphatic carbocycles. The Kier molecular flexibility index (Phi) is 8.06. The van der Waals surface area contributed by atoms with Gasteiger partial charge in [0.05, 0.1) is 19.2 Å². The first-order valence-corrected chi connectivity index (χ1v) is 10.7. The topological polar surface area (TPSA) is 129 Å². The number of benzene rings is 2. The van der Waals surface area contributed by atoms with E-state index in [4.69, 9.17) is 21.0 Å². The fraction of sp³-hybridized carbons (Fsp3) is 0.320. The molecule has 1 aliphatic rings. The molecule has 2 aromatic rings. The van der Waals surface area contributed by atoms with E-state index in [1.54, 1.807) is 23.1 Å². The summed E-state index contributed by atoms with van der Waals surface area (Å²) < 4.78 is 5.22. The number of nitrogens with zero attached hydrogens (tertiary/aromatic N) is 1. The maximum atomic E-state index is 13.1. The van der Waals surface area contributed by atoms with Gasteiger partial charge in [0.15, 0.2) is 0 Å². The van der Waals surface area contributed by atoms with Gasteiger partial charge in [0.1, 0.15) is 12.4 Å². The van der Waals surface area contributed by atoms with Crippen LogP contribution in [0, 0.1) is 24.2 Å². The van der Waals surface area contributed by atoms with Crippen molar-refractivity contribution in [3.8, 4) is 11.8 Å². The number of hydrogen-bond donors (Lipinski definition) is 4. The van der Waals surface area contributed by atoms with E-state index in [2.05, 4.69) is 17.2 Å². The number of carbonyl (C=O) groups is 2. The Hall–Kier alpha value is -3.83. The van der Waals surface area contributed by atoms with Crippen LogP contribution in [0.1, 0.15) is 39.9 Å². The summed E-state index contributed by atoms with van der Waals surface area (Å²) in [6.45, 7) is 2.85. The molecular formula is C25H28N4O4. The van der Waals surface area contributed by atoms with Gasteiger partial charge in [-0.2, -0.15) is 0 Å². The smallest absolute Gasteiger partial charge is 0.329 e. The number of carboxylic acid groups (broad SMARTS) is 1. The third-order valence-electron chi connectivity index (χ3n) is 5.44. The number of likely N-dealkylation sites (tertiary alicyclic amines) is 1. The van der Waals surface area contributed by atoms with Crippen molar-refractivity contribution in [2.45, 2.75) is 25.8 Å². The van der Waals surface area contributed by atoms with Crippen molar-refractivity contribution in [3.05, 3.63) is 64.7 Å². The van der Waals surface area contributed by atoms with E-state index in [0.717, 1.165) is 29.7 Å². The van der Waals surface area contributed by atoms with E-state index in [1.807, 2.05) is 31.2 Å². The lowest BCUT2D eigenvalue weighted by molar-refractivity contribution is -0.142. The standard InChI is InChI=1S/C25H28N4O4/c1-17-14-18(4-2-12-28-20-9-7-19(8-10-20)24(26)27)6-11-22(17)25(32)29-13-3-5-21(29)15-33-16-23(30)31/h6-11,14,21,28H,3,5,12-13,15-16H2,1H3,(H3,26,27)(H,30,31). The molecule has 1 saturated heterocycles. The minimum absolute atomic E-state index is 0.0328. The second-order valence-corrected chi connectivity index (χ2v) is 7.88. The number of hydrogen-bond acceptors (Lipinski definition) is 5. The number of nitrogens with two attached hydrogens (primary N) is 1. The number of aliphatic carboxylic acids is 1. The van der Waals surface area contributed by atoms with Crippen LogP contribution in [-0.2, 0) is 9.53 Å². The van der Waals surface area contributed by atoms with E-state index in [-0.39, 0.29) is 31.0 Å². The van der Waals surface area contributed by atoms with Gasteiger partial charge in [0.2, 0.25) is 0 Å². The monoisotopic (exact) mass is 448 g/mol. The summed E-state index contributed by atoms with van der Waals surface area (Å²) in [7, 11) is 0. The summed E-state index contributed by atoms with van der Waals surface area (Å²) in [5.74, 6) is 5.12. The number of carbonyl (C=O) groups excluding carboxylic acids is 1. The van der Waals surface area contributed by atoms with Crippen molar-refractivity contribution in [1.82, 2.24) is 4.90 Å². The third kappa shape index (κ3) is 6.57. The van der Waals surface area contributed by atoms with Crippen LogP contribution in [0.2, 0.25) is 0 Å². The van der Waals surface area contributed by atoms with Gasteiger partial charge in [-0.25, -0.2) is 4.79 Å². The lowest BCUT2D eigenvalue weighted by Gasteiger charge is -2.25. The molecule has 8 heteroatoms. The van der Waals surface area contributed by atoms with Gasteiger partial charge in [-0.05, 0) is 67.8 Å². The zero-order chi connectivity index (χ0) is 23.8. The molecule has 1 atom stereocenters. The predicted molar refractivity (Wildman–Crippen MR) is 127 cm³/mol. The van der Waals surface area contributed by atoms with Crippen molar-refractivity contribution in [2.24, 2.45) is 5.73 Å². The molecule has 0 spiro atoms. The number of aryl methyl sites for hydroxylation is 1. The van der Waals surface area contributed by atoms with Gasteiger partial charge in [0.25, 0.3) is 5.91 Å². The number of nitrogen functional groups attached to an aromatic ring is 1. The van der Waals surface area contributed by atoms with E-state index in [9.17, 15) is 9.59 Å². The fourth-order valence-corrected chi connectivity index (χ4v) is 3.75. The largest absolute Gasteiger partial charge is 0.480 e. The summed E-state index contributed by atoms with van der Waals surface area (Å²) in [5, 5.41) is 19.3. The Bertz CT molecular complexity index is 1090. The number of carboxylic acids is 1. The van der Waals surface area contributed by atoms with Gasteiger partial charge < -0.3 is 25.8 Å². The Morgan fingerprint density at radius 3 is 2.70 bits per heavy atom. The number of nitrogens with one attached hydrogen (secondary N) is 2. The molecule has 0 bridgehead atoms. The molecule has 0 radical (unpaired) electrons. The Morgan fingerprint density at radius 2 is 2.03 bits per heavy atom. The number of amides is 1. The minimum Gasteiger partial charge on any atom is -0.480 e. The highest BCUT2D eigenvalue weighted by Gasteiger charge is 2.30. The average Bonchev–Trinajstić information content (AvgIpc) is 3.25. The molecule has 1 heterocycles. The molecule has 172 valence electrons. The Balaban J connectivity index is 1.57. The second-order valence-electron chi connectivity index (χ2n) is 7.88. The van der Waals surface area contributed by atoms with Crippen molar-refractivity contribution in [1.29, 1.82) is 5.41 Å². The summed E-state index contributed by atoms with van der Waals surface area (Å²) in [4.78, 5) is 25.5. The highest BCUT2D eigenvalue weighted by molar-refractivity contribution is 5.96. The summed E-state index contributed by atoms with van der Waals surface area (Å²) >= 11 is 0. The molecule has 3 rings (SSSR count). The molecular weight excluding hydrogens is 420 g/mol. The van der Waals surface area contributed by atoms with Crippen LogP contribution in [0.25, 0.3) is 0 Å². The van der Waals surface area contributed by atoms with Gasteiger partial charge in [-0.3, -0.25) is 10.2 Å². The number of amidine groups is 1. The molecule has 2 aromatic carbocycles. The highest BCUT2D eigenvalue weighted by Crippen LogP contribution is 2.22. The maximum Gasteiger partial charge on any atom is 0.329 e. The van der Waals surface area contributed by atoms with E-state index in [1.165, 1.54) is 0 Å². The molecule has 1 amide bonds. The van der Waals surface area contributed by atoms with Crippen LogP contribution < -0.4 is 11.1 Å². The van der Waals surface area contributed by atoms with Crippen molar-refractivity contribution in [2.75, 3.05) is 31.6 Å². The van der Waals surface area contributed by atoms with Crippen molar-refractivity contribution < 1.29 is 19.4 Å². The van der Waals surface area contributed by atoms with Gasteiger partial charge in [0, 0.05) is 28.9 Å². The second kappa shape index (κ2) is 11.2. The lowest BCUT2D eigenvalue weighted by atomic mass is 10.0. The zero-order valence-electron chi connectivity index (χ0n) is 18.6. The molecule has 33 heavy (non-hydrogen) atoms. The number of anilines is 1. The zero-order valence-corrected chi connectivity index (χ0v) is 18.6. The highest BCUT2D eigenvalue weighted by atomic mass is 16.5. The van der Waals surface area contributed by atoms with E-state index in [0.29, 0.717) is 24.2 Å². The first kappa shape index (κ1) is 23.8. The quantitative estimate of drug-likeness (QED) is 0.279. The van der Waals surface area contributed by atoms with Crippen molar-refractivity contribution in [3.63, 3.8) is 0 Å². The lowest BCUT2D eigenvalue weighted by Crippen LogP contribution is -2.39. The number of ether oxygens (including phenoxy) is 1. The van der Waals surface area contributed by atoms with Crippen LogP contribution >= 0.6 is 0 Å². The van der Waals surface area contributed by atoms with E-state index >= 15 is 0 Å². The van der Waals surface area contributed by atoms with Crippen LogP contribution in [0.3, 0.4) is 0 Å². The molecule has 1 aliphatic heterocycles. The Morgan fingerprint density at radius 1 is 1.27 bits per heavy atom. The van der Waals surface area contributed by atoms with Crippen LogP contribution in [0.4, 0.5) is 5.69 Å². The Labute approximate surface area is 193 Å². The third-order valence-corrected chi connectivity index (χ3v) is 5.44. The van der Waals surface area contributed by atoms with Crippen LogP contribution in [0.15, 0.2) is 42.5 Å². The fourth-order valence-electron chi connectivity index (χ4n) is 3.75. The van der Waals surface area contributed by atoms with Gasteiger partial charge in [-0.1, -0.05) is 11.8 Å². The van der Waals surface area contributed by atoms with Gasteiger partial charge in [-0.15, -0.1) is 0 Å². The van der Waals surface area contributed by atoms with Crippen molar-refractivity contribution >= 4 is 23.4 Å². The molecule has 0 aromatic heterocycles. The van der Waals surface area contributed by atoms with Gasteiger partial charge >= 0.3 is 5.97 Å². The molecule has 1 unspecified atom stereocenters. The normalized spacial score (nSPS) is 14.9. The molecule has 5 N–H and O–H groups in total. The molecule has 1 fully saturated rings. The maximum absolute atomic E-state index is 13.1. The first-order valence-electron chi connectivity index (χ1n) is 10.7. The van der Waals surface area contributed by atoms with E-state index < -0.39 is 5.97 Å². The summed E-state index contributed by atoms with van der Waals surface area (Å²) in [6, 6.07) is 12.7. The predicted octanol–water partition coefficient (Wildman–Crippen LogP) is 2.45. The number of rotatable bonds is 8. The first-order chi connectivity index (χ1) is 15.8. The molecule has 0 saturated carbocycles. The summed E-state index contributed by atoms with van der Waals surface area (Å²) in [6.07, 6.45) is 1.68. The average molecular weight is 449 g/mol. The van der Waals surface area contributed by atoms with Crippen LogP contribution in [0.5, 0.6) is 0 Å². The SMILES string of the molecule is Cc1cc(C#CCNc2ccc(C(=N)N)cc2)ccc1C(=O)N1CCCC1COCC(=O)O. The molecule has 8 nitrogen and oxygen atoms in total. The van der Waals surface area contributed by atoms with Crippen LogP contribution in [-0.4, -0.2) is 60.1 Å². The summed E-state index contributed by atoms with van der Waals surface area (Å²) in [5.41, 5.74) is 9.30. The minimum atomic E-state index is -1.01.